The largest absolute Gasteiger partial charge is 0.395 e. The lowest BCUT2D eigenvalue weighted by molar-refractivity contribution is 0.382. The van der Waals surface area contributed by atoms with Gasteiger partial charge in [-0.25, -0.2) is 9.37 Å². The van der Waals surface area contributed by atoms with Gasteiger partial charge in [0.15, 0.2) is 0 Å². The second-order valence-corrected chi connectivity index (χ2v) is 6.28. The fourth-order valence-corrected chi connectivity index (χ4v) is 2.68. The average molecular weight is 287 g/mol. The van der Waals surface area contributed by atoms with Gasteiger partial charge in [0.05, 0.1) is 11.2 Å². The fourth-order valence-electron chi connectivity index (χ4n) is 1.94. The van der Waals surface area contributed by atoms with Gasteiger partial charge < -0.3 is 20.1 Å². The van der Waals surface area contributed by atoms with Gasteiger partial charge in [0, 0.05) is 6.54 Å². The van der Waals surface area contributed by atoms with Crippen LogP contribution in [-0.2, 0) is 11.1 Å². The van der Waals surface area contributed by atoms with E-state index in [2.05, 4.69) is 4.98 Å². The lowest BCUT2D eigenvalue weighted by Crippen LogP contribution is -2.21. The molecule has 2 aromatic rings. The van der Waals surface area contributed by atoms with Crippen molar-refractivity contribution in [1.29, 1.82) is 0 Å². The number of hydrogen-bond donors (Lipinski definition) is 3. The molecule has 104 valence electrons. The van der Waals surface area contributed by atoms with Crippen molar-refractivity contribution in [3.05, 3.63) is 17.9 Å². The highest BCUT2D eigenvalue weighted by Crippen LogP contribution is 2.35. The van der Waals surface area contributed by atoms with Gasteiger partial charge in [-0.1, -0.05) is 13.8 Å². The third-order valence-corrected chi connectivity index (χ3v) is 3.56. The van der Waals surface area contributed by atoms with Crippen LogP contribution in [0.1, 0.15) is 13.8 Å². The summed E-state index contributed by atoms with van der Waals surface area (Å²) in [6.07, 6.45) is 0. The Kier molecular flexibility index (Phi) is 3.38. The van der Waals surface area contributed by atoms with E-state index < -0.39 is 13.4 Å². The highest BCUT2D eigenvalue weighted by atomic mass is 31.2. The number of rotatable bonds is 3. The zero-order valence-electron chi connectivity index (χ0n) is 10.5. The molecule has 0 saturated heterocycles. The number of hydrogen-bond acceptors (Lipinski definition) is 3. The minimum Gasteiger partial charge on any atom is -0.395 e. The number of aromatic nitrogens is 2. The number of anilines is 1. The monoisotopic (exact) mass is 287 g/mol. The molecule has 0 aliphatic rings. The lowest BCUT2D eigenvalue weighted by Gasteiger charge is -2.12. The Morgan fingerprint density at radius 3 is 2.63 bits per heavy atom. The number of imidazole rings is 1. The van der Waals surface area contributed by atoms with Crippen LogP contribution in [0.3, 0.4) is 0 Å². The number of nitrogen functional groups attached to an aromatic ring is 1. The zero-order chi connectivity index (χ0) is 14.4. The van der Waals surface area contributed by atoms with Crippen LogP contribution in [0.4, 0.5) is 10.1 Å². The van der Waals surface area contributed by atoms with E-state index in [1.807, 2.05) is 13.8 Å². The Morgan fingerprint density at radius 2 is 2.11 bits per heavy atom. The Balaban J connectivity index is 2.80. The molecule has 1 aromatic heterocycles. The van der Waals surface area contributed by atoms with E-state index in [4.69, 9.17) is 5.73 Å². The smallest absolute Gasteiger partial charge is 0.391 e. The molecular formula is C11H15FN3O3P. The van der Waals surface area contributed by atoms with Crippen LogP contribution in [0.5, 0.6) is 0 Å². The van der Waals surface area contributed by atoms with Crippen molar-refractivity contribution in [3.63, 3.8) is 0 Å². The van der Waals surface area contributed by atoms with Crippen LogP contribution < -0.4 is 11.3 Å². The Bertz CT molecular complexity index is 677. The molecule has 19 heavy (non-hydrogen) atoms. The second-order valence-electron chi connectivity index (χ2n) is 4.79. The third-order valence-electron chi connectivity index (χ3n) is 2.69. The van der Waals surface area contributed by atoms with Crippen LogP contribution in [0, 0.1) is 11.7 Å². The fraction of sp³-hybridized carbons (Fsp3) is 0.364. The van der Waals surface area contributed by atoms with Crippen molar-refractivity contribution in [2.45, 2.75) is 20.4 Å². The van der Waals surface area contributed by atoms with Crippen LogP contribution in [0.2, 0.25) is 0 Å². The van der Waals surface area contributed by atoms with E-state index >= 15 is 0 Å². The van der Waals surface area contributed by atoms with Crippen LogP contribution >= 0.6 is 7.60 Å². The first kappa shape index (κ1) is 14.0. The SMILES string of the molecule is CC(C)Cn1c(P(=O)(O)O)nc2c(N)c(F)ccc21. The summed E-state index contributed by atoms with van der Waals surface area (Å²) in [5, 5.41) is 0. The molecule has 0 aliphatic carbocycles. The van der Waals surface area contributed by atoms with Crippen LogP contribution in [-0.4, -0.2) is 19.3 Å². The summed E-state index contributed by atoms with van der Waals surface area (Å²) in [7, 11) is -4.55. The van der Waals surface area contributed by atoms with Crippen LogP contribution in [0.15, 0.2) is 12.1 Å². The summed E-state index contributed by atoms with van der Waals surface area (Å²) >= 11 is 0. The summed E-state index contributed by atoms with van der Waals surface area (Å²) in [4.78, 5) is 22.5. The molecule has 1 heterocycles. The number of benzene rings is 1. The maximum absolute atomic E-state index is 13.4. The first-order valence-corrected chi connectivity index (χ1v) is 7.33. The normalized spacial score (nSPS) is 12.5. The van der Waals surface area contributed by atoms with Crippen molar-refractivity contribution in [1.82, 2.24) is 9.55 Å². The summed E-state index contributed by atoms with van der Waals surface area (Å²) in [6, 6.07) is 2.59. The summed E-state index contributed by atoms with van der Waals surface area (Å²) < 4.78 is 26.3. The van der Waals surface area contributed by atoms with Gasteiger partial charge in [-0.2, -0.15) is 0 Å². The van der Waals surface area contributed by atoms with E-state index in [-0.39, 0.29) is 22.7 Å². The standard InChI is InChI=1S/C11H15FN3O3P/c1-6(2)5-15-8-4-3-7(12)9(13)10(8)14-11(15)19(16,17)18/h3-4,6H,5,13H2,1-2H3,(H2,16,17,18). The number of nitrogens with two attached hydrogens (primary N) is 1. The predicted octanol–water partition coefficient (Wildman–Crippen LogP) is 1.22. The van der Waals surface area contributed by atoms with E-state index in [9.17, 15) is 18.7 Å². The van der Waals surface area contributed by atoms with Gasteiger partial charge in [0.25, 0.3) is 0 Å². The quantitative estimate of drug-likeness (QED) is 0.582. The minimum absolute atomic E-state index is 0.0824. The summed E-state index contributed by atoms with van der Waals surface area (Å²) in [5.41, 5.74) is 5.49. The molecule has 8 heteroatoms. The van der Waals surface area contributed by atoms with Crippen molar-refractivity contribution >= 4 is 29.9 Å². The molecule has 2 rings (SSSR count). The van der Waals surface area contributed by atoms with E-state index in [0.29, 0.717) is 12.1 Å². The molecule has 0 unspecified atom stereocenters. The molecule has 0 saturated carbocycles. The molecule has 0 bridgehead atoms. The highest BCUT2D eigenvalue weighted by Gasteiger charge is 2.28. The van der Waals surface area contributed by atoms with Crippen molar-refractivity contribution in [3.8, 4) is 0 Å². The van der Waals surface area contributed by atoms with E-state index in [0.717, 1.165) is 0 Å². The predicted molar refractivity (Wildman–Crippen MR) is 70.6 cm³/mol. The first-order valence-electron chi connectivity index (χ1n) is 5.72. The van der Waals surface area contributed by atoms with E-state index in [1.165, 1.54) is 16.7 Å². The molecule has 0 aliphatic heterocycles. The first-order chi connectivity index (χ1) is 8.71. The number of fused-ring (bicyclic) bond motifs is 1. The summed E-state index contributed by atoms with van der Waals surface area (Å²) in [6.45, 7) is 4.17. The van der Waals surface area contributed by atoms with Gasteiger partial charge in [-0.15, -0.1) is 0 Å². The van der Waals surface area contributed by atoms with Crippen molar-refractivity contribution in [2.24, 2.45) is 5.92 Å². The molecule has 4 N–H and O–H groups in total. The lowest BCUT2D eigenvalue weighted by atomic mass is 10.2. The number of halogens is 1. The highest BCUT2D eigenvalue weighted by molar-refractivity contribution is 7.59. The summed E-state index contributed by atoms with van der Waals surface area (Å²) in [5.74, 6) is -0.507. The molecule has 1 aromatic carbocycles. The van der Waals surface area contributed by atoms with Gasteiger partial charge in [0.1, 0.15) is 11.3 Å². The average Bonchev–Trinajstić information content (AvgIpc) is 2.62. The second kappa shape index (κ2) is 4.59. The van der Waals surface area contributed by atoms with Gasteiger partial charge in [-0.05, 0) is 18.1 Å². The zero-order valence-corrected chi connectivity index (χ0v) is 11.4. The van der Waals surface area contributed by atoms with Crippen molar-refractivity contribution in [2.75, 3.05) is 5.73 Å². The Labute approximate surface area is 109 Å². The minimum atomic E-state index is -4.55. The van der Waals surface area contributed by atoms with Crippen molar-refractivity contribution < 1.29 is 18.7 Å². The molecule has 0 spiro atoms. The van der Waals surface area contributed by atoms with Crippen LogP contribution in [0.25, 0.3) is 11.0 Å². The van der Waals surface area contributed by atoms with E-state index in [1.54, 1.807) is 0 Å². The molecule has 0 amide bonds. The maximum Gasteiger partial charge on any atom is 0.391 e. The van der Waals surface area contributed by atoms with Gasteiger partial charge in [-0.3, -0.25) is 4.57 Å². The Hall–Kier alpha value is -1.43. The molecular weight excluding hydrogens is 272 g/mol. The molecule has 0 atom stereocenters. The maximum atomic E-state index is 13.4. The molecule has 6 nitrogen and oxygen atoms in total. The van der Waals surface area contributed by atoms with Gasteiger partial charge >= 0.3 is 7.60 Å². The Morgan fingerprint density at radius 1 is 1.47 bits per heavy atom. The number of nitrogens with zero attached hydrogens (tertiary/aromatic N) is 2. The topological polar surface area (TPSA) is 101 Å². The third kappa shape index (κ3) is 2.49. The molecule has 0 fully saturated rings. The molecule has 0 radical (unpaired) electrons. The van der Waals surface area contributed by atoms with Gasteiger partial charge in [0.2, 0.25) is 5.57 Å².